The van der Waals surface area contributed by atoms with E-state index in [0.29, 0.717) is 0 Å². The van der Waals surface area contributed by atoms with E-state index >= 15 is 0 Å². The molecule has 76 valence electrons. The molecular formula is C10H15N3O. The molecule has 0 aliphatic heterocycles. The van der Waals surface area contributed by atoms with Gasteiger partial charge in [-0.25, -0.2) is 4.98 Å². The molecule has 0 spiro atoms. The number of anilines is 1. The first-order valence-electron chi connectivity index (χ1n) is 4.67. The van der Waals surface area contributed by atoms with E-state index in [2.05, 4.69) is 22.4 Å². The van der Waals surface area contributed by atoms with Crippen molar-refractivity contribution in [2.45, 2.75) is 20.3 Å². The van der Waals surface area contributed by atoms with Crippen molar-refractivity contribution in [3.8, 4) is 0 Å². The maximum absolute atomic E-state index is 8.38. The Morgan fingerprint density at radius 1 is 1.57 bits per heavy atom. The Balaban J connectivity index is 2.78. The molecule has 0 aliphatic carbocycles. The van der Waals surface area contributed by atoms with Crippen LogP contribution in [-0.2, 0) is 0 Å². The number of nitrogens with one attached hydrogen (secondary N) is 1. The van der Waals surface area contributed by atoms with Gasteiger partial charge < -0.3 is 10.5 Å². The van der Waals surface area contributed by atoms with Gasteiger partial charge in [0, 0.05) is 17.8 Å². The van der Waals surface area contributed by atoms with E-state index in [-0.39, 0.29) is 0 Å². The number of nitrogens with zero attached hydrogens (tertiary/aromatic N) is 2. The second kappa shape index (κ2) is 5.21. The van der Waals surface area contributed by atoms with Crippen molar-refractivity contribution < 1.29 is 5.21 Å². The smallest absolute Gasteiger partial charge is 0.126 e. The monoisotopic (exact) mass is 193 g/mol. The predicted octanol–water partition coefficient (Wildman–Crippen LogP) is 2.02. The summed E-state index contributed by atoms with van der Waals surface area (Å²) in [6.45, 7) is 4.90. The van der Waals surface area contributed by atoms with Gasteiger partial charge in [0.25, 0.3) is 0 Å². The Hall–Kier alpha value is -1.58. The molecule has 1 aromatic heterocycles. The first-order chi connectivity index (χ1) is 6.77. The quantitative estimate of drug-likeness (QED) is 0.437. The van der Waals surface area contributed by atoms with Gasteiger partial charge in [-0.2, -0.15) is 0 Å². The molecule has 0 radical (unpaired) electrons. The first kappa shape index (κ1) is 10.5. The van der Waals surface area contributed by atoms with Crippen LogP contribution in [0.15, 0.2) is 17.3 Å². The van der Waals surface area contributed by atoms with E-state index in [1.807, 2.05) is 19.1 Å². The Morgan fingerprint density at radius 2 is 2.36 bits per heavy atom. The van der Waals surface area contributed by atoms with Gasteiger partial charge in [0.05, 0.1) is 6.21 Å². The Morgan fingerprint density at radius 3 is 2.93 bits per heavy atom. The summed E-state index contributed by atoms with van der Waals surface area (Å²) < 4.78 is 0. The number of aryl methyl sites for hydroxylation is 1. The van der Waals surface area contributed by atoms with E-state index in [9.17, 15) is 0 Å². The van der Waals surface area contributed by atoms with Crippen LogP contribution in [0.3, 0.4) is 0 Å². The molecule has 0 aliphatic rings. The van der Waals surface area contributed by atoms with Crippen LogP contribution in [0.1, 0.15) is 24.6 Å². The number of hydrogen-bond donors (Lipinski definition) is 2. The summed E-state index contributed by atoms with van der Waals surface area (Å²) in [4.78, 5) is 4.32. The lowest BCUT2D eigenvalue weighted by atomic mass is 10.2. The molecule has 0 fully saturated rings. The average Bonchev–Trinajstić information content (AvgIpc) is 2.19. The largest absolute Gasteiger partial charge is 0.411 e. The second-order valence-electron chi connectivity index (χ2n) is 3.04. The van der Waals surface area contributed by atoms with E-state index < -0.39 is 0 Å². The molecule has 4 heteroatoms. The lowest BCUT2D eigenvalue weighted by Gasteiger charge is -2.05. The highest BCUT2D eigenvalue weighted by molar-refractivity contribution is 5.80. The van der Waals surface area contributed by atoms with Crippen LogP contribution in [0.25, 0.3) is 0 Å². The highest BCUT2D eigenvalue weighted by Gasteiger charge is 1.98. The van der Waals surface area contributed by atoms with Crippen molar-refractivity contribution in [3.63, 3.8) is 0 Å². The van der Waals surface area contributed by atoms with Gasteiger partial charge in [0.1, 0.15) is 5.82 Å². The van der Waals surface area contributed by atoms with Gasteiger partial charge in [0.15, 0.2) is 0 Å². The molecule has 1 rings (SSSR count). The van der Waals surface area contributed by atoms with E-state index in [0.717, 1.165) is 30.0 Å². The summed E-state index contributed by atoms with van der Waals surface area (Å²) in [5, 5.41) is 14.5. The molecule has 1 aromatic rings. The number of hydrogen-bond acceptors (Lipinski definition) is 4. The number of aromatic nitrogens is 1. The van der Waals surface area contributed by atoms with Crippen LogP contribution in [0.2, 0.25) is 0 Å². The van der Waals surface area contributed by atoms with Gasteiger partial charge in [-0.15, -0.1) is 0 Å². The van der Waals surface area contributed by atoms with Crippen LogP contribution in [0.5, 0.6) is 0 Å². The molecule has 0 amide bonds. The fourth-order valence-corrected chi connectivity index (χ4v) is 1.12. The standard InChI is InChI=1S/C10H15N3O/c1-3-6-11-10-5-4-9(7-12-14)8(2)13-10/h4-5,7,14H,3,6H2,1-2H3,(H,11,13)/b12-7-. The molecule has 0 bridgehead atoms. The lowest BCUT2D eigenvalue weighted by Crippen LogP contribution is -2.03. The van der Waals surface area contributed by atoms with Gasteiger partial charge in [-0.05, 0) is 25.5 Å². The van der Waals surface area contributed by atoms with E-state index in [1.54, 1.807) is 0 Å². The molecule has 0 atom stereocenters. The minimum absolute atomic E-state index is 0.828. The van der Waals surface area contributed by atoms with Crippen LogP contribution in [-0.4, -0.2) is 23.0 Å². The van der Waals surface area contributed by atoms with Gasteiger partial charge in [-0.3, -0.25) is 0 Å². The van der Waals surface area contributed by atoms with Crippen LogP contribution < -0.4 is 5.32 Å². The summed E-state index contributed by atoms with van der Waals surface area (Å²) in [6, 6.07) is 3.75. The average molecular weight is 193 g/mol. The van der Waals surface area contributed by atoms with Crippen molar-refractivity contribution in [1.82, 2.24) is 4.98 Å². The van der Waals surface area contributed by atoms with Crippen LogP contribution >= 0.6 is 0 Å². The summed E-state index contributed by atoms with van der Waals surface area (Å²) in [7, 11) is 0. The van der Waals surface area contributed by atoms with Crippen LogP contribution in [0, 0.1) is 6.92 Å². The molecule has 0 saturated carbocycles. The lowest BCUT2D eigenvalue weighted by molar-refractivity contribution is 0.322. The third kappa shape index (κ3) is 2.73. The van der Waals surface area contributed by atoms with Gasteiger partial charge in [0.2, 0.25) is 0 Å². The Bertz CT molecular complexity index is 323. The zero-order chi connectivity index (χ0) is 10.4. The fourth-order valence-electron chi connectivity index (χ4n) is 1.12. The topological polar surface area (TPSA) is 57.5 Å². The molecular weight excluding hydrogens is 178 g/mol. The molecule has 0 aromatic carbocycles. The zero-order valence-electron chi connectivity index (χ0n) is 8.49. The van der Waals surface area contributed by atoms with Crippen molar-refractivity contribution in [2.75, 3.05) is 11.9 Å². The normalized spacial score (nSPS) is 10.7. The second-order valence-corrected chi connectivity index (χ2v) is 3.04. The minimum Gasteiger partial charge on any atom is -0.411 e. The maximum Gasteiger partial charge on any atom is 0.126 e. The molecule has 0 unspecified atom stereocenters. The van der Waals surface area contributed by atoms with E-state index in [4.69, 9.17) is 5.21 Å². The number of pyridine rings is 1. The van der Waals surface area contributed by atoms with Crippen LogP contribution in [0.4, 0.5) is 5.82 Å². The number of oxime groups is 1. The number of rotatable bonds is 4. The molecule has 14 heavy (non-hydrogen) atoms. The molecule has 0 saturated heterocycles. The van der Waals surface area contributed by atoms with Crippen molar-refractivity contribution >= 4 is 12.0 Å². The van der Waals surface area contributed by atoms with Gasteiger partial charge >= 0.3 is 0 Å². The molecule has 4 nitrogen and oxygen atoms in total. The highest BCUT2D eigenvalue weighted by Crippen LogP contribution is 2.08. The fraction of sp³-hybridized carbons (Fsp3) is 0.400. The third-order valence-corrected chi connectivity index (χ3v) is 1.88. The Kier molecular flexibility index (Phi) is 3.91. The summed E-state index contributed by atoms with van der Waals surface area (Å²) in [5.41, 5.74) is 1.68. The minimum atomic E-state index is 0.828. The zero-order valence-corrected chi connectivity index (χ0v) is 8.49. The third-order valence-electron chi connectivity index (χ3n) is 1.88. The molecule has 2 N–H and O–H groups in total. The highest BCUT2D eigenvalue weighted by atomic mass is 16.4. The Labute approximate surface area is 83.7 Å². The summed E-state index contributed by atoms with van der Waals surface area (Å²) in [5.74, 6) is 0.861. The van der Waals surface area contributed by atoms with Crippen molar-refractivity contribution in [3.05, 3.63) is 23.4 Å². The van der Waals surface area contributed by atoms with Crippen molar-refractivity contribution in [2.24, 2.45) is 5.16 Å². The molecule has 1 heterocycles. The van der Waals surface area contributed by atoms with Gasteiger partial charge in [-0.1, -0.05) is 12.1 Å². The maximum atomic E-state index is 8.38. The van der Waals surface area contributed by atoms with Crippen molar-refractivity contribution in [1.29, 1.82) is 0 Å². The van der Waals surface area contributed by atoms with E-state index in [1.165, 1.54) is 6.21 Å². The predicted molar refractivity (Wildman–Crippen MR) is 57.1 cm³/mol. The SMILES string of the molecule is CCCNc1ccc(/C=N\O)c(C)n1. The summed E-state index contributed by atoms with van der Waals surface area (Å²) in [6.07, 6.45) is 2.45. The summed E-state index contributed by atoms with van der Waals surface area (Å²) >= 11 is 0. The first-order valence-corrected chi connectivity index (χ1v) is 4.67.